The molecule has 0 radical (unpaired) electrons. The van der Waals surface area contributed by atoms with Crippen molar-refractivity contribution in [3.8, 4) is 0 Å². The number of aryl methyl sites for hydroxylation is 1. The van der Waals surface area contributed by atoms with Crippen LogP contribution >= 0.6 is 27.3 Å². The standard InChI is InChI=1S/C12H13BrN2S/c1-8-12(16-7-15-8)11(14)6-9-3-2-4-10(13)5-9/h2-5,7,11H,6,14H2,1H3. The summed E-state index contributed by atoms with van der Waals surface area (Å²) < 4.78 is 1.10. The molecule has 0 spiro atoms. The second-order valence-electron chi connectivity index (χ2n) is 3.74. The zero-order valence-corrected chi connectivity index (χ0v) is 11.4. The first-order valence-electron chi connectivity index (χ1n) is 5.07. The number of nitrogens with zero attached hydrogens (tertiary/aromatic N) is 1. The normalized spacial score (nSPS) is 12.7. The molecule has 16 heavy (non-hydrogen) atoms. The third kappa shape index (κ3) is 2.70. The third-order valence-electron chi connectivity index (χ3n) is 2.46. The van der Waals surface area contributed by atoms with Crippen molar-refractivity contribution in [2.45, 2.75) is 19.4 Å². The summed E-state index contributed by atoms with van der Waals surface area (Å²) >= 11 is 5.10. The molecule has 2 nitrogen and oxygen atoms in total. The van der Waals surface area contributed by atoms with Gasteiger partial charge in [0, 0.05) is 15.4 Å². The van der Waals surface area contributed by atoms with E-state index in [4.69, 9.17) is 5.73 Å². The van der Waals surface area contributed by atoms with Crippen LogP contribution in [0.4, 0.5) is 0 Å². The molecule has 2 rings (SSSR count). The van der Waals surface area contributed by atoms with E-state index in [1.54, 1.807) is 11.3 Å². The van der Waals surface area contributed by atoms with Gasteiger partial charge >= 0.3 is 0 Å². The zero-order chi connectivity index (χ0) is 11.5. The molecule has 1 atom stereocenters. The predicted molar refractivity (Wildman–Crippen MR) is 71.6 cm³/mol. The number of benzene rings is 1. The summed E-state index contributed by atoms with van der Waals surface area (Å²) in [5.41, 5.74) is 10.3. The van der Waals surface area contributed by atoms with Crippen LogP contribution in [0.15, 0.2) is 34.2 Å². The molecule has 1 aromatic carbocycles. The number of halogens is 1. The molecular formula is C12H13BrN2S. The molecule has 0 bridgehead atoms. The van der Waals surface area contributed by atoms with Crippen LogP contribution < -0.4 is 5.73 Å². The molecule has 0 amide bonds. The average molecular weight is 297 g/mol. The van der Waals surface area contributed by atoms with Gasteiger partial charge in [0.05, 0.1) is 11.2 Å². The summed E-state index contributed by atoms with van der Waals surface area (Å²) in [7, 11) is 0. The molecule has 0 saturated heterocycles. The molecular weight excluding hydrogens is 284 g/mol. The first-order chi connectivity index (χ1) is 7.66. The molecule has 2 aromatic rings. The van der Waals surface area contributed by atoms with Gasteiger partial charge in [-0.15, -0.1) is 11.3 Å². The van der Waals surface area contributed by atoms with Crippen LogP contribution in [0.1, 0.15) is 22.2 Å². The van der Waals surface area contributed by atoms with Crippen molar-refractivity contribution in [3.63, 3.8) is 0 Å². The van der Waals surface area contributed by atoms with Crippen molar-refractivity contribution in [3.05, 3.63) is 50.4 Å². The first kappa shape index (κ1) is 11.8. The second kappa shape index (κ2) is 5.08. The fraction of sp³-hybridized carbons (Fsp3) is 0.250. The van der Waals surface area contributed by atoms with Gasteiger partial charge < -0.3 is 5.73 Å². The summed E-state index contributed by atoms with van der Waals surface area (Å²) in [6, 6.07) is 8.30. The Morgan fingerprint density at radius 1 is 1.50 bits per heavy atom. The van der Waals surface area contributed by atoms with Crippen molar-refractivity contribution < 1.29 is 0 Å². The molecule has 2 N–H and O–H groups in total. The molecule has 1 aromatic heterocycles. The van der Waals surface area contributed by atoms with Crippen LogP contribution in [0, 0.1) is 6.92 Å². The first-order valence-corrected chi connectivity index (χ1v) is 6.74. The second-order valence-corrected chi connectivity index (χ2v) is 5.54. The van der Waals surface area contributed by atoms with E-state index < -0.39 is 0 Å². The van der Waals surface area contributed by atoms with Gasteiger partial charge in [0.15, 0.2) is 0 Å². The van der Waals surface area contributed by atoms with E-state index in [1.165, 1.54) is 10.4 Å². The number of thiazole rings is 1. The quantitative estimate of drug-likeness (QED) is 0.942. The van der Waals surface area contributed by atoms with Crippen LogP contribution in [0.2, 0.25) is 0 Å². The van der Waals surface area contributed by atoms with Crippen LogP contribution in [0.5, 0.6) is 0 Å². The lowest BCUT2D eigenvalue weighted by molar-refractivity contribution is 0.728. The third-order valence-corrected chi connectivity index (χ3v) is 4.02. The molecule has 4 heteroatoms. The van der Waals surface area contributed by atoms with Crippen LogP contribution in [0.25, 0.3) is 0 Å². The minimum atomic E-state index is 0.0433. The van der Waals surface area contributed by atoms with Crippen molar-refractivity contribution >= 4 is 27.3 Å². The lowest BCUT2D eigenvalue weighted by atomic mass is 10.0. The SMILES string of the molecule is Cc1ncsc1C(N)Cc1cccc(Br)c1. The lowest BCUT2D eigenvalue weighted by Gasteiger charge is -2.10. The van der Waals surface area contributed by atoms with E-state index in [0.717, 1.165) is 16.6 Å². The molecule has 1 unspecified atom stereocenters. The smallest absolute Gasteiger partial charge is 0.0798 e. The molecule has 84 valence electrons. The van der Waals surface area contributed by atoms with E-state index >= 15 is 0 Å². The van der Waals surface area contributed by atoms with Gasteiger partial charge in [-0.05, 0) is 31.0 Å². The van der Waals surface area contributed by atoms with Crippen molar-refractivity contribution in [2.75, 3.05) is 0 Å². The number of hydrogen-bond acceptors (Lipinski definition) is 3. The minimum Gasteiger partial charge on any atom is -0.323 e. The average Bonchev–Trinajstić information content (AvgIpc) is 2.64. The van der Waals surface area contributed by atoms with Crippen LogP contribution in [0.3, 0.4) is 0 Å². The largest absolute Gasteiger partial charge is 0.323 e. The monoisotopic (exact) mass is 296 g/mol. The highest BCUT2D eigenvalue weighted by molar-refractivity contribution is 9.10. The minimum absolute atomic E-state index is 0.0433. The lowest BCUT2D eigenvalue weighted by Crippen LogP contribution is -2.13. The molecule has 0 aliphatic carbocycles. The van der Waals surface area contributed by atoms with Gasteiger partial charge in [0.2, 0.25) is 0 Å². The van der Waals surface area contributed by atoms with Gasteiger partial charge in [-0.2, -0.15) is 0 Å². The summed E-state index contributed by atoms with van der Waals surface area (Å²) in [6.07, 6.45) is 0.850. The molecule has 0 aliphatic rings. The zero-order valence-electron chi connectivity index (χ0n) is 8.98. The fourth-order valence-corrected chi connectivity index (χ4v) is 2.93. The molecule has 0 saturated carbocycles. The molecule has 1 heterocycles. The van der Waals surface area contributed by atoms with E-state index in [2.05, 4.69) is 33.0 Å². The van der Waals surface area contributed by atoms with Gasteiger partial charge in [0.1, 0.15) is 0 Å². The maximum absolute atomic E-state index is 6.18. The molecule has 0 fully saturated rings. The summed E-state index contributed by atoms with van der Waals surface area (Å²) in [5.74, 6) is 0. The van der Waals surface area contributed by atoms with E-state index in [0.29, 0.717) is 0 Å². The maximum Gasteiger partial charge on any atom is 0.0798 e. The Morgan fingerprint density at radius 3 is 2.94 bits per heavy atom. The van der Waals surface area contributed by atoms with E-state index in [9.17, 15) is 0 Å². The highest BCUT2D eigenvalue weighted by atomic mass is 79.9. The Morgan fingerprint density at radius 2 is 2.31 bits per heavy atom. The van der Waals surface area contributed by atoms with Gasteiger partial charge in [-0.3, -0.25) is 0 Å². The van der Waals surface area contributed by atoms with Gasteiger partial charge in [-0.1, -0.05) is 28.1 Å². The number of nitrogens with two attached hydrogens (primary N) is 1. The van der Waals surface area contributed by atoms with Gasteiger partial charge in [-0.25, -0.2) is 4.98 Å². The highest BCUT2D eigenvalue weighted by Gasteiger charge is 2.12. The van der Waals surface area contributed by atoms with Crippen LogP contribution in [-0.4, -0.2) is 4.98 Å². The summed E-state index contributed by atoms with van der Waals surface area (Å²) in [5, 5.41) is 0. The molecule has 0 aliphatic heterocycles. The maximum atomic E-state index is 6.18. The Hall–Kier alpha value is -0.710. The number of hydrogen-bond donors (Lipinski definition) is 1. The summed E-state index contributed by atoms with van der Waals surface area (Å²) in [6.45, 7) is 2.01. The highest BCUT2D eigenvalue weighted by Crippen LogP contribution is 2.23. The Bertz CT molecular complexity index is 481. The number of rotatable bonds is 3. The topological polar surface area (TPSA) is 38.9 Å². The predicted octanol–water partition coefficient (Wildman–Crippen LogP) is 3.46. The van der Waals surface area contributed by atoms with Gasteiger partial charge in [0.25, 0.3) is 0 Å². The van der Waals surface area contributed by atoms with E-state index in [1.807, 2.05) is 24.6 Å². The van der Waals surface area contributed by atoms with E-state index in [-0.39, 0.29) is 6.04 Å². The Kier molecular flexibility index (Phi) is 3.74. The van der Waals surface area contributed by atoms with Crippen molar-refractivity contribution in [1.29, 1.82) is 0 Å². The fourth-order valence-electron chi connectivity index (χ4n) is 1.68. The van der Waals surface area contributed by atoms with Crippen LogP contribution in [-0.2, 0) is 6.42 Å². The Labute approximate surface area is 108 Å². The summed E-state index contributed by atoms with van der Waals surface area (Å²) in [4.78, 5) is 5.41. The van der Waals surface area contributed by atoms with Crippen molar-refractivity contribution in [1.82, 2.24) is 4.98 Å². The Balaban J connectivity index is 2.14. The van der Waals surface area contributed by atoms with Crippen molar-refractivity contribution in [2.24, 2.45) is 5.73 Å². The number of aromatic nitrogens is 1.